The van der Waals surface area contributed by atoms with E-state index in [-0.39, 0.29) is 13.0 Å². The van der Waals surface area contributed by atoms with Gasteiger partial charge in [0.15, 0.2) is 0 Å². The van der Waals surface area contributed by atoms with Crippen molar-refractivity contribution in [1.29, 1.82) is 0 Å². The summed E-state index contributed by atoms with van der Waals surface area (Å²) in [5.74, 6) is -1.80. The van der Waals surface area contributed by atoms with E-state index in [1.165, 1.54) is 77.0 Å². The van der Waals surface area contributed by atoms with Crippen LogP contribution in [0.1, 0.15) is 174 Å². The topological polar surface area (TPSA) is 155 Å². The van der Waals surface area contributed by atoms with E-state index in [9.17, 15) is 19.0 Å². The third-order valence-electron chi connectivity index (χ3n) is 8.83. The molecule has 0 saturated heterocycles. The van der Waals surface area contributed by atoms with Crippen molar-refractivity contribution in [2.45, 2.75) is 187 Å². The smallest absolute Gasteiger partial charge is 0.472 e. The third-order valence-corrected chi connectivity index (χ3v) is 9.78. The largest absolute Gasteiger partial charge is 0.480 e. The van der Waals surface area contributed by atoms with Crippen LogP contribution in [-0.4, -0.2) is 60.5 Å². The Bertz CT molecular complexity index is 1050. The van der Waals surface area contributed by atoms with E-state index < -0.39 is 45.1 Å². The number of carboxylic acid groups (broad SMARTS) is 1. The number of allylic oxidation sites excluding steroid dienone is 8. The van der Waals surface area contributed by atoms with Gasteiger partial charge in [-0.1, -0.05) is 140 Å². The van der Waals surface area contributed by atoms with Crippen molar-refractivity contribution in [3.05, 3.63) is 48.6 Å². The van der Waals surface area contributed by atoms with Gasteiger partial charge in [-0.25, -0.2) is 4.57 Å². The minimum Gasteiger partial charge on any atom is -0.480 e. The molecule has 0 bridgehead atoms. The van der Waals surface area contributed by atoms with Crippen molar-refractivity contribution < 1.29 is 42.7 Å². The number of rotatable bonds is 40. The predicted octanol–water partition coefficient (Wildman–Crippen LogP) is 11.5. The zero-order valence-corrected chi connectivity index (χ0v) is 35.0. The number of hydrogen-bond acceptors (Lipinski definition) is 8. The van der Waals surface area contributed by atoms with Crippen molar-refractivity contribution >= 4 is 19.8 Å². The highest BCUT2D eigenvalue weighted by Crippen LogP contribution is 2.43. The number of hydrogen-bond donors (Lipinski definition) is 3. The molecule has 54 heavy (non-hydrogen) atoms. The SMILES string of the molecule is CCCCC/C=C\C/C=C\CCCCCCCCOCC(COP(=O)(O)OCC(N)C(=O)O)OC(=O)CCCCCCC/C=C\C/C=C\CCCCCC. The second kappa shape index (κ2) is 39.2. The van der Waals surface area contributed by atoms with Gasteiger partial charge >= 0.3 is 19.8 Å². The molecule has 0 aliphatic rings. The van der Waals surface area contributed by atoms with Crippen LogP contribution in [0.4, 0.5) is 0 Å². The lowest BCUT2D eigenvalue weighted by Gasteiger charge is -2.20. The van der Waals surface area contributed by atoms with Gasteiger partial charge in [-0.15, -0.1) is 0 Å². The summed E-state index contributed by atoms with van der Waals surface area (Å²) in [5.41, 5.74) is 5.35. The maximum Gasteiger partial charge on any atom is 0.472 e. The van der Waals surface area contributed by atoms with E-state index >= 15 is 0 Å². The van der Waals surface area contributed by atoms with Crippen molar-refractivity contribution in [1.82, 2.24) is 0 Å². The molecule has 314 valence electrons. The standard InChI is InChI=1S/C43H78NO9P/c1-3-5-7-9-11-13-15-17-19-21-23-25-27-29-31-33-35-42(45)53-40(38-51-54(48,49)52-39-41(44)43(46)47)37-50-36-34-32-30-28-26-24-22-20-18-16-14-12-10-8-6-4-2/h12-15,18-21,40-41H,3-11,16-17,22-39,44H2,1-2H3,(H,46,47)(H,48,49)/b14-12-,15-13-,20-18-,21-19-. The first-order valence-corrected chi connectivity index (χ1v) is 22.7. The molecule has 0 aromatic carbocycles. The molecular formula is C43H78NO9P. The highest BCUT2D eigenvalue weighted by Gasteiger charge is 2.27. The van der Waals surface area contributed by atoms with Crippen molar-refractivity contribution in [3.63, 3.8) is 0 Å². The molecule has 0 aliphatic heterocycles. The zero-order valence-electron chi connectivity index (χ0n) is 34.1. The number of phosphoric acid groups is 1. The fourth-order valence-electron chi connectivity index (χ4n) is 5.49. The molecule has 0 rings (SSSR count). The van der Waals surface area contributed by atoms with Gasteiger partial charge in [0.2, 0.25) is 0 Å². The van der Waals surface area contributed by atoms with Crippen LogP contribution < -0.4 is 5.73 Å². The van der Waals surface area contributed by atoms with E-state index in [4.69, 9.17) is 29.4 Å². The van der Waals surface area contributed by atoms with E-state index in [0.29, 0.717) is 13.0 Å². The summed E-state index contributed by atoms with van der Waals surface area (Å²) >= 11 is 0. The van der Waals surface area contributed by atoms with Crippen LogP contribution in [-0.2, 0) is 32.7 Å². The van der Waals surface area contributed by atoms with Crippen LogP contribution in [0.15, 0.2) is 48.6 Å². The summed E-state index contributed by atoms with van der Waals surface area (Å²) in [4.78, 5) is 33.5. The molecular weight excluding hydrogens is 705 g/mol. The zero-order chi connectivity index (χ0) is 39.8. The molecule has 0 aliphatic carbocycles. The molecule has 4 N–H and O–H groups in total. The fraction of sp³-hybridized carbons (Fsp3) is 0.767. The second-order valence-electron chi connectivity index (χ2n) is 14.1. The minimum absolute atomic E-state index is 0.00289. The molecule has 0 aromatic rings. The lowest BCUT2D eigenvalue weighted by Crippen LogP contribution is -2.34. The van der Waals surface area contributed by atoms with E-state index in [2.05, 4.69) is 62.5 Å². The van der Waals surface area contributed by atoms with Crippen LogP contribution in [0.5, 0.6) is 0 Å². The molecule has 0 saturated carbocycles. The quantitative estimate of drug-likeness (QED) is 0.0237. The third kappa shape index (κ3) is 38.2. The van der Waals surface area contributed by atoms with E-state index in [1.807, 2.05) is 0 Å². The summed E-state index contributed by atoms with van der Waals surface area (Å²) < 4.78 is 33.3. The monoisotopic (exact) mass is 784 g/mol. The van der Waals surface area contributed by atoms with Crippen LogP contribution in [0, 0.1) is 0 Å². The second-order valence-corrected chi connectivity index (χ2v) is 15.6. The lowest BCUT2D eigenvalue weighted by molar-refractivity contribution is -0.154. The summed E-state index contributed by atoms with van der Waals surface area (Å²) in [6.45, 7) is 3.79. The number of carboxylic acids is 1. The van der Waals surface area contributed by atoms with Crippen LogP contribution in [0.3, 0.4) is 0 Å². The van der Waals surface area contributed by atoms with Crippen LogP contribution in [0.2, 0.25) is 0 Å². The lowest BCUT2D eigenvalue weighted by atomic mass is 10.1. The molecule has 0 amide bonds. The minimum atomic E-state index is -4.62. The van der Waals surface area contributed by atoms with Gasteiger partial charge in [-0.05, 0) is 77.0 Å². The Kier molecular flexibility index (Phi) is 37.7. The first kappa shape index (κ1) is 51.9. The Morgan fingerprint density at radius 1 is 0.593 bits per heavy atom. The molecule has 11 heteroatoms. The molecule has 3 unspecified atom stereocenters. The van der Waals surface area contributed by atoms with Crippen molar-refractivity contribution in [3.8, 4) is 0 Å². The van der Waals surface area contributed by atoms with Gasteiger partial charge in [0, 0.05) is 13.0 Å². The number of carbonyl (C=O) groups is 2. The number of aliphatic carboxylic acids is 1. The molecule has 0 spiro atoms. The Balaban J connectivity index is 4.31. The molecule has 0 radical (unpaired) electrons. The Morgan fingerprint density at radius 2 is 1.02 bits per heavy atom. The highest BCUT2D eigenvalue weighted by molar-refractivity contribution is 7.47. The normalized spacial score (nSPS) is 14.4. The number of phosphoric ester groups is 1. The van der Waals surface area contributed by atoms with Crippen molar-refractivity contribution in [2.75, 3.05) is 26.4 Å². The Labute approximate surface area is 329 Å². The maximum absolute atomic E-state index is 12.6. The van der Waals surface area contributed by atoms with Gasteiger partial charge in [0.1, 0.15) is 12.1 Å². The molecule has 0 aromatic heterocycles. The summed E-state index contributed by atoms with van der Waals surface area (Å²) in [6, 6.07) is -1.48. The molecule has 0 heterocycles. The number of unbranched alkanes of at least 4 members (excludes halogenated alkanes) is 18. The molecule has 10 nitrogen and oxygen atoms in total. The Hall–Kier alpha value is -2.07. The predicted molar refractivity (Wildman–Crippen MR) is 221 cm³/mol. The number of carbonyl (C=O) groups excluding carboxylic acids is 1. The number of esters is 1. The maximum atomic E-state index is 12.6. The number of ether oxygens (including phenoxy) is 2. The summed E-state index contributed by atoms with van der Waals surface area (Å²) in [7, 11) is -4.62. The van der Waals surface area contributed by atoms with Crippen LogP contribution >= 0.6 is 7.82 Å². The van der Waals surface area contributed by atoms with Crippen LogP contribution in [0.25, 0.3) is 0 Å². The van der Waals surface area contributed by atoms with Gasteiger partial charge in [0.25, 0.3) is 0 Å². The summed E-state index contributed by atoms with van der Waals surface area (Å²) in [6.07, 6.45) is 44.4. The molecule has 0 fully saturated rings. The highest BCUT2D eigenvalue weighted by atomic mass is 31.2. The van der Waals surface area contributed by atoms with E-state index in [1.54, 1.807) is 0 Å². The van der Waals surface area contributed by atoms with Gasteiger partial charge in [-0.3, -0.25) is 18.6 Å². The average molecular weight is 784 g/mol. The first-order chi connectivity index (χ1) is 26.2. The Morgan fingerprint density at radius 3 is 1.54 bits per heavy atom. The van der Waals surface area contributed by atoms with Gasteiger partial charge in [-0.2, -0.15) is 0 Å². The number of nitrogens with two attached hydrogens (primary N) is 1. The average Bonchev–Trinajstić information content (AvgIpc) is 3.15. The summed E-state index contributed by atoms with van der Waals surface area (Å²) in [5, 5.41) is 8.89. The van der Waals surface area contributed by atoms with Gasteiger partial charge in [0.05, 0.1) is 19.8 Å². The van der Waals surface area contributed by atoms with Crippen molar-refractivity contribution in [2.24, 2.45) is 5.73 Å². The molecule has 3 atom stereocenters. The van der Waals surface area contributed by atoms with E-state index in [0.717, 1.165) is 70.6 Å². The first-order valence-electron chi connectivity index (χ1n) is 21.2. The van der Waals surface area contributed by atoms with Gasteiger partial charge < -0.3 is 25.2 Å². The fourth-order valence-corrected chi connectivity index (χ4v) is 6.26.